The Morgan fingerprint density at radius 2 is 2.00 bits per heavy atom. The molecule has 0 saturated carbocycles. The highest BCUT2D eigenvalue weighted by atomic mass is 16.5. The zero-order chi connectivity index (χ0) is 19.4. The fourth-order valence-electron chi connectivity index (χ4n) is 3.42. The van der Waals surface area contributed by atoms with Crippen molar-refractivity contribution in [1.29, 1.82) is 0 Å². The first-order chi connectivity index (χ1) is 13.0. The molecule has 6 heteroatoms. The van der Waals surface area contributed by atoms with E-state index in [0.29, 0.717) is 25.4 Å². The fraction of sp³-hybridized carbons (Fsp3) is 0.429. The average Bonchev–Trinajstić information content (AvgIpc) is 2.69. The van der Waals surface area contributed by atoms with Gasteiger partial charge in [-0.2, -0.15) is 0 Å². The highest BCUT2D eigenvalue weighted by Crippen LogP contribution is 2.23. The molecule has 1 saturated heterocycles. The highest BCUT2D eigenvalue weighted by Gasteiger charge is 2.26. The molecular weight excluding hydrogens is 344 g/mol. The summed E-state index contributed by atoms with van der Waals surface area (Å²) in [6, 6.07) is 10.5. The monoisotopic (exact) mass is 370 g/mol. The van der Waals surface area contributed by atoms with Crippen LogP contribution in [0.2, 0.25) is 0 Å². The Kier molecular flexibility index (Phi) is 5.84. The molecule has 144 valence electrons. The number of nitrogens with zero attached hydrogens (tertiary/aromatic N) is 2. The largest absolute Gasteiger partial charge is 0.497 e. The van der Waals surface area contributed by atoms with E-state index in [4.69, 9.17) is 9.47 Å². The summed E-state index contributed by atoms with van der Waals surface area (Å²) in [6.07, 6.45) is 1.94. The molecule has 2 heterocycles. The Balaban J connectivity index is 1.65. The quantitative estimate of drug-likeness (QED) is 0.812. The number of hydrogen-bond donors (Lipinski definition) is 0. The molecule has 0 spiro atoms. The Labute approximate surface area is 159 Å². The average molecular weight is 370 g/mol. The second kappa shape index (κ2) is 8.29. The number of aromatic nitrogens is 1. The van der Waals surface area contributed by atoms with Crippen LogP contribution in [0.25, 0.3) is 0 Å². The molecule has 1 amide bonds. The van der Waals surface area contributed by atoms with E-state index in [1.165, 1.54) is 12.1 Å². The normalized spacial score (nSPS) is 16.9. The Hall–Kier alpha value is -2.76. The van der Waals surface area contributed by atoms with Crippen LogP contribution in [0.3, 0.4) is 0 Å². The summed E-state index contributed by atoms with van der Waals surface area (Å²) < 4.78 is 12.9. The lowest BCUT2D eigenvalue weighted by molar-refractivity contribution is 0.0622. The van der Waals surface area contributed by atoms with Crippen LogP contribution in [0, 0.1) is 12.8 Å². The van der Waals surface area contributed by atoms with Gasteiger partial charge < -0.3 is 18.9 Å². The Morgan fingerprint density at radius 3 is 2.78 bits per heavy atom. The summed E-state index contributed by atoms with van der Waals surface area (Å²) in [6.45, 7) is 3.71. The highest BCUT2D eigenvalue weighted by molar-refractivity contribution is 5.92. The minimum absolute atomic E-state index is 0.0932. The Morgan fingerprint density at radius 1 is 1.22 bits per heavy atom. The molecule has 1 aliphatic heterocycles. The van der Waals surface area contributed by atoms with Gasteiger partial charge in [-0.05, 0) is 31.9 Å². The van der Waals surface area contributed by atoms with Gasteiger partial charge in [0.1, 0.15) is 17.2 Å². The lowest BCUT2D eigenvalue weighted by atomic mass is 9.98. The molecule has 0 bridgehead atoms. The van der Waals surface area contributed by atoms with Gasteiger partial charge in [0.15, 0.2) is 5.43 Å². The van der Waals surface area contributed by atoms with Crippen molar-refractivity contribution in [3.63, 3.8) is 0 Å². The predicted octanol–water partition coefficient (Wildman–Crippen LogP) is 2.63. The van der Waals surface area contributed by atoms with E-state index in [1.807, 2.05) is 43.1 Å². The number of likely N-dealkylation sites (tertiary alicyclic amines) is 1. The number of benzene rings is 1. The topological polar surface area (TPSA) is 60.8 Å². The molecule has 2 aromatic rings. The summed E-state index contributed by atoms with van der Waals surface area (Å²) in [5.41, 5.74) is 1.08. The van der Waals surface area contributed by atoms with Crippen LogP contribution >= 0.6 is 0 Å². The van der Waals surface area contributed by atoms with Gasteiger partial charge in [-0.15, -0.1) is 0 Å². The van der Waals surface area contributed by atoms with Crippen molar-refractivity contribution in [3.05, 3.63) is 58.0 Å². The number of pyridine rings is 1. The number of amides is 1. The third-order valence-electron chi connectivity index (χ3n) is 5.07. The maximum atomic E-state index is 12.9. The minimum atomic E-state index is -0.135. The molecule has 0 N–H and O–H groups in total. The van der Waals surface area contributed by atoms with Crippen LogP contribution in [-0.2, 0) is 7.05 Å². The third kappa shape index (κ3) is 4.51. The molecule has 27 heavy (non-hydrogen) atoms. The van der Waals surface area contributed by atoms with Crippen molar-refractivity contribution in [3.8, 4) is 11.5 Å². The van der Waals surface area contributed by atoms with Gasteiger partial charge in [-0.3, -0.25) is 9.59 Å². The van der Waals surface area contributed by atoms with E-state index < -0.39 is 0 Å². The van der Waals surface area contributed by atoms with Crippen molar-refractivity contribution in [2.45, 2.75) is 19.8 Å². The summed E-state index contributed by atoms with van der Waals surface area (Å²) in [5.74, 6) is 1.69. The van der Waals surface area contributed by atoms with Crippen LogP contribution in [0.1, 0.15) is 29.0 Å². The van der Waals surface area contributed by atoms with Gasteiger partial charge in [0.05, 0.1) is 13.7 Å². The number of aryl methyl sites for hydroxylation is 1. The summed E-state index contributed by atoms with van der Waals surface area (Å²) in [4.78, 5) is 26.6. The number of methoxy groups -OCH3 is 1. The SMILES string of the molecule is COc1cccc(OCC2CCCN(C(=O)c3cc(=O)cc(C)n3C)C2)c1. The van der Waals surface area contributed by atoms with Crippen molar-refractivity contribution in [2.75, 3.05) is 26.8 Å². The molecule has 0 radical (unpaired) electrons. The smallest absolute Gasteiger partial charge is 0.270 e. The molecule has 1 fully saturated rings. The summed E-state index contributed by atoms with van der Waals surface area (Å²) in [5, 5.41) is 0. The van der Waals surface area contributed by atoms with Gasteiger partial charge >= 0.3 is 0 Å². The van der Waals surface area contributed by atoms with Crippen molar-refractivity contribution in [1.82, 2.24) is 9.47 Å². The molecular formula is C21H26N2O4. The van der Waals surface area contributed by atoms with Crippen LogP contribution in [0.4, 0.5) is 0 Å². The van der Waals surface area contributed by atoms with Crippen LogP contribution < -0.4 is 14.9 Å². The van der Waals surface area contributed by atoms with E-state index >= 15 is 0 Å². The molecule has 1 aliphatic rings. The van der Waals surface area contributed by atoms with Gasteiger partial charge in [-0.25, -0.2) is 0 Å². The van der Waals surface area contributed by atoms with Gasteiger partial charge in [0.25, 0.3) is 5.91 Å². The second-order valence-corrected chi connectivity index (χ2v) is 7.03. The molecule has 1 aromatic carbocycles. The van der Waals surface area contributed by atoms with Crippen molar-refractivity contribution >= 4 is 5.91 Å². The van der Waals surface area contributed by atoms with Crippen LogP contribution in [0.15, 0.2) is 41.2 Å². The summed E-state index contributed by atoms with van der Waals surface area (Å²) >= 11 is 0. The van der Waals surface area contributed by atoms with Gasteiger partial charge in [0.2, 0.25) is 0 Å². The molecule has 1 unspecified atom stereocenters. The zero-order valence-corrected chi connectivity index (χ0v) is 16.1. The van der Waals surface area contributed by atoms with Gasteiger partial charge in [-0.1, -0.05) is 6.07 Å². The standard InChI is InChI=1S/C21H26N2O4/c1-15-10-17(24)11-20(22(15)2)21(25)23-9-5-6-16(13-23)14-27-19-8-4-7-18(12-19)26-3/h4,7-8,10-12,16H,5-6,9,13-14H2,1-3H3. The number of carbonyl (C=O) groups excluding carboxylic acids is 1. The molecule has 1 aromatic heterocycles. The van der Waals surface area contributed by atoms with Crippen LogP contribution in [-0.4, -0.2) is 42.2 Å². The first-order valence-corrected chi connectivity index (χ1v) is 9.21. The van der Waals surface area contributed by atoms with Crippen molar-refractivity contribution < 1.29 is 14.3 Å². The third-order valence-corrected chi connectivity index (χ3v) is 5.07. The molecule has 3 rings (SSSR count). The van der Waals surface area contributed by atoms with E-state index in [9.17, 15) is 9.59 Å². The maximum Gasteiger partial charge on any atom is 0.270 e. The number of rotatable bonds is 5. The Bertz CT molecular complexity index is 875. The fourth-order valence-corrected chi connectivity index (χ4v) is 3.42. The molecule has 0 aliphatic carbocycles. The maximum absolute atomic E-state index is 12.9. The van der Waals surface area contributed by atoms with E-state index in [1.54, 1.807) is 11.7 Å². The van der Waals surface area contributed by atoms with Crippen LogP contribution in [0.5, 0.6) is 11.5 Å². The zero-order valence-electron chi connectivity index (χ0n) is 16.1. The van der Waals surface area contributed by atoms with Crippen molar-refractivity contribution in [2.24, 2.45) is 13.0 Å². The van der Waals surface area contributed by atoms with E-state index in [-0.39, 0.29) is 17.3 Å². The summed E-state index contributed by atoms with van der Waals surface area (Å²) in [7, 11) is 3.44. The van der Waals surface area contributed by atoms with Gasteiger partial charge in [0, 0.05) is 49.9 Å². The predicted molar refractivity (Wildman–Crippen MR) is 104 cm³/mol. The minimum Gasteiger partial charge on any atom is -0.497 e. The number of hydrogen-bond acceptors (Lipinski definition) is 4. The number of piperidine rings is 1. The second-order valence-electron chi connectivity index (χ2n) is 7.03. The first kappa shape index (κ1) is 19.0. The lowest BCUT2D eigenvalue weighted by Gasteiger charge is -2.33. The number of carbonyl (C=O) groups is 1. The number of ether oxygens (including phenoxy) is 2. The molecule has 1 atom stereocenters. The molecule has 6 nitrogen and oxygen atoms in total. The van der Waals surface area contributed by atoms with E-state index in [2.05, 4.69) is 0 Å². The first-order valence-electron chi connectivity index (χ1n) is 9.21. The lowest BCUT2D eigenvalue weighted by Crippen LogP contribution is -2.42. The van der Waals surface area contributed by atoms with E-state index in [0.717, 1.165) is 30.0 Å².